The Morgan fingerprint density at radius 2 is 1.61 bits per heavy atom. The van der Waals surface area contributed by atoms with Gasteiger partial charge in [-0.15, -0.1) is 0 Å². The molecule has 0 saturated heterocycles. The van der Waals surface area contributed by atoms with Crippen molar-refractivity contribution in [2.24, 2.45) is 0 Å². The van der Waals surface area contributed by atoms with Gasteiger partial charge in [0.2, 0.25) is 11.8 Å². The van der Waals surface area contributed by atoms with Crippen molar-refractivity contribution in [1.82, 2.24) is 10.9 Å². The average molecular weight is 383 g/mol. The van der Waals surface area contributed by atoms with Gasteiger partial charge in [-0.25, -0.2) is 0 Å². The third-order valence-electron chi connectivity index (χ3n) is 4.12. The number of nitrogens with one attached hydrogen (secondary N) is 3. The Kier molecular flexibility index (Phi) is 7.56. The molecule has 0 saturated carbocycles. The molecule has 3 N–H and O–H groups in total. The number of hydrogen-bond acceptors (Lipinski definition) is 4. The highest BCUT2D eigenvalue weighted by atomic mass is 16.5. The second-order valence-electron chi connectivity index (χ2n) is 6.28. The van der Waals surface area contributed by atoms with Gasteiger partial charge in [-0.3, -0.25) is 25.2 Å². The van der Waals surface area contributed by atoms with Crippen LogP contribution in [0.2, 0.25) is 0 Å². The molecule has 148 valence electrons. The molecule has 0 bridgehead atoms. The lowest BCUT2D eigenvalue weighted by atomic mass is 10.1. The summed E-state index contributed by atoms with van der Waals surface area (Å²) in [5.74, 6) is -0.787. The van der Waals surface area contributed by atoms with Crippen LogP contribution in [0.25, 0.3) is 0 Å². The summed E-state index contributed by atoms with van der Waals surface area (Å²) in [5, 5.41) is 2.75. The van der Waals surface area contributed by atoms with Crippen molar-refractivity contribution in [2.45, 2.75) is 33.6 Å². The van der Waals surface area contributed by atoms with Crippen LogP contribution < -0.4 is 20.9 Å². The van der Waals surface area contributed by atoms with Crippen LogP contribution in [0.1, 0.15) is 41.3 Å². The molecule has 2 aromatic rings. The molecular weight excluding hydrogens is 358 g/mol. The van der Waals surface area contributed by atoms with E-state index in [1.165, 1.54) is 0 Å². The van der Waals surface area contributed by atoms with Crippen molar-refractivity contribution >= 4 is 23.4 Å². The predicted octanol–water partition coefficient (Wildman–Crippen LogP) is 2.88. The third-order valence-corrected chi connectivity index (χ3v) is 4.12. The lowest BCUT2D eigenvalue weighted by molar-refractivity contribution is -0.124. The van der Waals surface area contributed by atoms with Crippen LogP contribution in [0.3, 0.4) is 0 Å². The number of carbonyl (C=O) groups excluding carboxylic acids is 3. The Labute approximate surface area is 164 Å². The highest BCUT2D eigenvalue weighted by molar-refractivity contribution is 5.98. The quantitative estimate of drug-likeness (QED) is 0.641. The number of ether oxygens (including phenoxy) is 1. The largest absolute Gasteiger partial charge is 0.493 e. The number of rotatable bonds is 7. The molecule has 0 spiro atoms. The van der Waals surface area contributed by atoms with Crippen molar-refractivity contribution in [3.63, 3.8) is 0 Å². The molecule has 0 aliphatic carbocycles. The summed E-state index contributed by atoms with van der Waals surface area (Å²) in [4.78, 5) is 36.1. The molecule has 2 rings (SSSR count). The summed E-state index contributed by atoms with van der Waals surface area (Å²) in [6, 6.07) is 12.4. The van der Waals surface area contributed by atoms with E-state index in [2.05, 4.69) is 16.2 Å². The Hall–Kier alpha value is -3.35. The van der Waals surface area contributed by atoms with Gasteiger partial charge in [-0.2, -0.15) is 0 Å². The Morgan fingerprint density at radius 1 is 0.893 bits per heavy atom. The maximum absolute atomic E-state index is 12.2. The van der Waals surface area contributed by atoms with E-state index >= 15 is 0 Å². The van der Waals surface area contributed by atoms with Crippen LogP contribution in [-0.4, -0.2) is 24.3 Å². The first-order chi connectivity index (χ1) is 13.4. The van der Waals surface area contributed by atoms with E-state index in [1.54, 1.807) is 24.3 Å². The second-order valence-corrected chi connectivity index (χ2v) is 6.28. The molecule has 0 atom stereocenters. The van der Waals surface area contributed by atoms with Crippen molar-refractivity contribution < 1.29 is 19.1 Å². The van der Waals surface area contributed by atoms with Gasteiger partial charge in [-0.1, -0.05) is 18.2 Å². The minimum Gasteiger partial charge on any atom is -0.493 e. The van der Waals surface area contributed by atoms with Crippen LogP contribution in [0.5, 0.6) is 5.75 Å². The molecule has 7 nitrogen and oxygen atoms in total. The zero-order valence-electron chi connectivity index (χ0n) is 16.3. The smallest absolute Gasteiger partial charge is 0.273 e. The van der Waals surface area contributed by atoms with Gasteiger partial charge in [-0.05, 0) is 56.2 Å². The highest BCUT2D eigenvalue weighted by Gasteiger charge is 2.13. The fraction of sp³-hybridized carbons (Fsp3) is 0.286. The fourth-order valence-corrected chi connectivity index (χ4v) is 2.46. The number of anilines is 1. The van der Waals surface area contributed by atoms with Gasteiger partial charge in [0.1, 0.15) is 5.75 Å². The van der Waals surface area contributed by atoms with Crippen LogP contribution in [0, 0.1) is 13.8 Å². The number of aryl methyl sites for hydroxylation is 2. The maximum atomic E-state index is 12.2. The van der Waals surface area contributed by atoms with Crippen molar-refractivity contribution in [3.8, 4) is 5.75 Å². The van der Waals surface area contributed by atoms with E-state index in [1.807, 2.05) is 39.0 Å². The van der Waals surface area contributed by atoms with Crippen molar-refractivity contribution in [2.75, 3.05) is 11.9 Å². The minimum atomic E-state index is -0.489. The summed E-state index contributed by atoms with van der Waals surface area (Å²) in [5.41, 5.74) is 7.87. The van der Waals surface area contributed by atoms with E-state index in [0.717, 1.165) is 11.1 Å². The molecule has 0 unspecified atom stereocenters. The van der Waals surface area contributed by atoms with E-state index in [-0.39, 0.29) is 18.7 Å². The normalized spacial score (nSPS) is 10.1. The predicted molar refractivity (Wildman–Crippen MR) is 107 cm³/mol. The van der Waals surface area contributed by atoms with Crippen molar-refractivity contribution in [1.29, 1.82) is 0 Å². The van der Waals surface area contributed by atoms with Crippen LogP contribution >= 0.6 is 0 Å². The first-order valence-corrected chi connectivity index (χ1v) is 9.08. The topological polar surface area (TPSA) is 96.5 Å². The third kappa shape index (κ3) is 6.12. The zero-order valence-corrected chi connectivity index (χ0v) is 16.3. The van der Waals surface area contributed by atoms with E-state index < -0.39 is 11.8 Å². The van der Waals surface area contributed by atoms with E-state index in [0.29, 0.717) is 23.6 Å². The molecule has 0 radical (unpaired) electrons. The van der Waals surface area contributed by atoms with Gasteiger partial charge in [0.05, 0.1) is 12.2 Å². The number of amides is 3. The Bertz CT molecular complexity index is 864. The highest BCUT2D eigenvalue weighted by Crippen LogP contribution is 2.17. The van der Waals surface area contributed by atoms with Crippen LogP contribution in [0.15, 0.2) is 42.5 Å². The van der Waals surface area contributed by atoms with E-state index in [4.69, 9.17) is 4.74 Å². The van der Waals surface area contributed by atoms with Crippen LogP contribution in [-0.2, 0) is 9.59 Å². The Balaban J connectivity index is 1.78. The molecule has 7 heteroatoms. The summed E-state index contributed by atoms with van der Waals surface area (Å²) >= 11 is 0. The molecule has 3 amide bonds. The number of hydrogen-bond donors (Lipinski definition) is 3. The molecule has 0 aromatic heterocycles. The number of para-hydroxylation sites is 1. The lowest BCUT2D eigenvalue weighted by Crippen LogP contribution is -2.42. The van der Waals surface area contributed by atoms with E-state index in [9.17, 15) is 14.4 Å². The SMILES string of the molecule is CCOc1ccccc1C(=O)NNC(=O)CCC(=O)Nc1ccc(C)c(C)c1. The molecular formula is C21H25N3O4. The summed E-state index contributed by atoms with van der Waals surface area (Å²) in [7, 11) is 0. The molecule has 2 aromatic carbocycles. The van der Waals surface area contributed by atoms with Gasteiger partial charge in [0.25, 0.3) is 5.91 Å². The van der Waals surface area contributed by atoms with Crippen LogP contribution in [0.4, 0.5) is 5.69 Å². The fourth-order valence-electron chi connectivity index (χ4n) is 2.46. The summed E-state index contributed by atoms with van der Waals surface area (Å²) in [6.45, 7) is 6.20. The molecule has 0 fully saturated rings. The summed E-state index contributed by atoms with van der Waals surface area (Å²) in [6.07, 6.45) is -0.0474. The minimum absolute atomic E-state index is 0.00413. The first kappa shape index (κ1) is 21.0. The van der Waals surface area contributed by atoms with Gasteiger partial charge >= 0.3 is 0 Å². The summed E-state index contributed by atoms with van der Waals surface area (Å²) < 4.78 is 5.39. The monoisotopic (exact) mass is 383 g/mol. The Morgan fingerprint density at radius 3 is 2.32 bits per heavy atom. The second kappa shape index (κ2) is 10.1. The lowest BCUT2D eigenvalue weighted by Gasteiger charge is -2.11. The van der Waals surface area contributed by atoms with Gasteiger partial charge < -0.3 is 10.1 Å². The first-order valence-electron chi connectivity index (χ1n) is 9.08. The molecule has 0 aliphatic heterocycles. The maximum Gasteiger partial charge on any atom is 0.273 e. The molecule has 28 heavy (non-hydrogen) atoms. The average Bonchev–Trinajstić information content (AvgIpc) is 2.68. The van der Waals surface area contributed by atoms with Crippen molar-refractivity contribution in [3.05, 3.63) is 59.2 Å². The molecule has 0 heterocycles. The number of carbonyl (C=O) groups is 3. The number of benzene rings is 2. The number of hydrazine groups is 1. The zero-order chi connectivity index (χ0) is 20.5. The standard InChI is InChI=1S/C21H25N3O4/c1-4-28-18-8-6-5-7-17(18)21(27)24-23-20(26)12-11-19(25)22-16-10-9-14(2)15(3)13-16/h5-10,13H,4,11-12H2,1-3H3,(H,22,25)(H,23,26)(H,24,27). The molecule has 0 aliphatic rings. The van der Waals surface area contributed by atoms with Gasteiger partial charge in [0, 0.05) is 18.5 Å². The van der Waals surface area contributed by atoms with Gasteiger partial charge in [0.15, 0.2) is 0 Å².